The van der Waals surface area contributed by atoms with E-state index < -0.39 is 17.7 Å². The molecule has 7 nitrogen and oxygen atoms in total. The minimum atomic E-state index is -0.662. The molecule has 0 saturated heterocycles. The SMILES string of the molecule is COc1nc(C2=NC(c3cc(F)cc(F)c3)CON2)ccc1-n1cnc(C)c1. The minimum absolute atomic E-state index is 0.135. The molecule has 0 fully saturated rings. The number of hydrogen-bond acceptors (Lipinski definition) is 6. The van der Waals surface area contributed by atoms with Gasteiger partial charge in [0.15, 0.2) is 5.84 Å². The molecule has 0 saturated carbocycles. The molecule has 1 aliphatic rings. The van der Waals surface area contributed by atoms with Crippen LogP contribution in [0, 0.1) is 18.6 Å². The zero-order chi connectivity index (χ0) is 19.7. The number of aromatic nitrogens is 3. The van der Waals surface area contributed by atoms with Gasteiger partial charge < -0.3 is 9.30 Å². The first-order valence-corrected chi connectivity index (χ1v) is 8.51. The summed E-state index contributed by atoms with van der Waals surface area (Å²) in [4.78, 5) is 18.5. The van der Waals surface area contributed by atoms with Gasteiger partial charge in [-0.3, -0.25) is 9.83 Å². The van der Waals surface area contributed by atoms with Gasteiger partial charge in [0.1, 0.15) is 35.7 Å². The van der Waals surface area contributed by atoms with Crippen LogP contribution in [0.15, 0.2) is 47.8 Å². The number of imidazole rings is 1. The third-order valence-electron chi connectivity index (χ3n) is 4.23. The number of ether oxygens (including phenoxy) is 1. The molecule has 0 bridgehead atoms. The van der Waals surface area contributed by atoms with E-state index in [1.165, 1.54) is 19.2 Å². The fraction of sp³-hybridized carbons (Fsp3) is 0.211. The van der Waals surface area contributed by atoms with Crippen molar-refractivity contribution in [2.45, 2.75) is 13.0 Å². The van der Waals surface area contributed by atoms with Crippen LogP contribution in [-0.2, 0) is 4.84 Å². The van der Waals surface area contributed by atoms with Crippen LogP contribution in [0.25, 0.3) is 5.69 Å². The highest BCUT2D eigenvalue weighted by atomic mass is 19.1. The van der Waals surface area contributed by atoms with Crippen LogP contribution in [0.5, 0.6) is 5.88 Å². The number of rotatable bonds is 4. The predicted molar refractivity (Wildman–Crippen MR) is 97.4 cm³/mol. The first-order chi connectivity index (χ1) is 13.5. The number of methoxy groups -OCH3 is 1. The molecule has 1 unspecified atom stereocenters. The van der Waals surface area contributed by atoms with Crippen LogP contribution in [-0.4, -0.2) is 34.1 Å². The second kappa shape index (κ2) is 7.35. The van der Waals surface area contributed by atoms with Gasteiger partial charge in [-0.05, 0) is 36.8 Å². The number of aryl methyl sites for hydroxylation is 1. The summed E-state index contributed by atoms with van der Waals surface area (Å²) in [7, 11) is 1.52. The smallest absolute Gasteiger partial charge is 0.238 e. The summed E-state index contributed by atoms with van der Waals surface area (Å²) < 4.78 is 34.3. The Kier molecular flexibility index (Phi) is 4.74. The number of hydrogen-bond donors (Lipinski definition) is 1. The van der Waals surface area contributed by atoms with E-state index in [9.17, 15) is 8.78 Å². The Hall–Kier alpha value is -3.33. The van der Waals surface area contributed by atoms with E-state index in [0.29, 0.717) is 28.7 Å². The van der Waals surface area contributed by atoms with Gasteiger partial charge in [0.25, 0.3) is 0 Å². The summed E-state index contributed by atoms with van der Waals surface area (Å²) >= 11 is 0. The monoisotopic (exact) mass is 385 g/mol. The van der Waals surface area contributed by atoms with Crippen LogP contribution >= 0.6 is 0 Å². The topological polar surface area (TPSA) is 73.6 Å². The Morgan fingerprint density at radius 3 is 2.68 bits per heavy atom. The van der Waals surface area contributed by atoms with Gasteiger partial charge in [0.2, 0.25) is 5.88 Å². The fourth-order valence-corrected chi connectivity index (χ4v) is 2.93. The molecule has 2 aromatic heterocycles. The molecule has 3 heterocycles. The fourth-order valence-electron chi connectivity index (χ4n) is 2.93. The van der Waals surface area contributed by atoms with Crippen molar-refractivity contribution >= 4 is 5.84 Å². The highest BCUT2D eigenvalue weighted by Gasteiger charge is 2.21. The summed E-state index contributed by atoms with van der Waals surface area (Å²) in [6.45, 7) is 2.02. The maximum Gasteiger partial charge on any atom is 0.238 e. The highest BCUT2D eigenvalue weighted by Crippen LogP contribution is 2.25. The molecule has 4 rings (SSSR count). The van der Waals surface area contributed by atoms with Gasteiger partial charge in [0.05, 0.1) is 19.1 Å². The lowest BCUT2D eigenvalue weighted by Crippen LogP contribution is -2.33. The number of pyridine rings is 1. The molecule has 144 valence electrons. The number of hydroxylamine groups is 1. The molecule has 0 amide bonds. The van der Waals surface area contributed by atoms with Gasteiger partial charge in [-0.25, -0.2) is 24.2 Å². The highest BCUT2D eigenvalue weighted by molar-refractivity contribution is 5.97. The number of aliphatic imine (C=N–C) groups is 1. The van der Waals surface area contributed by atoms with Crippen molar-refractivity contribution in [2.24, 2.45) is 4.99 Å². The summed E-state index contributed by atoms with van der Waals surface area (Å²) in [5.74, 6) is -0.610. The molecule has 3 aromatic rings. The lowest BCUT2D eigenvalue weighted by Gasteiger charge is -2.22. The van der Waals surface area contributed by atoms with Crippen LogP contribution in [0.4, 0.5) is 8.78 Å². The van der Waals surface area contributed by atoms with Crippen molar-refractivity contribution in [3.63, 3.8) is 0 Å². The van der Waals surface area contributed by atoms with Crippen LogP contribution in [0.2, 0.25) is 0 Å². The van der Waals surface area contributed by atoms with Crippen LogP contribution < -0.4 is 10.2 Å². The molecular weight excluding hydrogens is 368 g/mol. The Morgan fingerprint density at radius 2 is 2.00 bits per heavy atom. The maximum atomic E-state index is 13.5. The van der Waals surface area contributed by atoms with E-state index in [-0.39, 0.29) is 6.61 Å². The van der Waals surface area contributed by atoms with Crippen molar-refractivity contribution in [3.8, 4) is 11.6 Å². The molecule has 0 radical (unpaired) electrons. The van der Waals surface area contributed by atoms with Gasteiger partial charge in [-0.15, -0.1) is 0 Å². The van der Waals surface area contributed by atoms with E-state index in [4.69, 9.17) is 9.57 Å². The Balaban J connectivity index is 1.68. The van der Waals surface area contributed by atoms with E-state index in [0.717, 1.165) is 11.8 Å². The summed E-state index contributed by atoms with van der Waals surface area (Å²) in [5, 5.41) is 0. The maximum absolute atomic E-state index is 13.5. The van der Waals surface area contributed by atoms with Crippen LogP contribution in [0.1, 0.15) is 23.0 Å². The third kappa shape index (κ3) is 3.56. The third-order valence-corrected chi connectivity index (χ3v) is 4.23. The van der Waals surface area contributed by atoms with E-state index >= 15 is 0 Å². The zero-order valence-corrected chi connectivity index (χ0v) is 15.2. The number of benzene rings is 1. The molecule has 0 aliphatic carbocycles. The number of nitrogens with zero attached hydrogens (tertiary/aromatic N) is 4. The zero-order valence-electron chi connectivity index (χ0n) is 15.2. The van der Waals surface area contributed by atoms with Gasteiger partial charge in [0, 0.05) is 12.3 Å². The Bertz CT molecular complexity index is 1030. The Labute approximate surface area is 159 Å². The number of nitrogens with one attached hydrogen (secondary N) is 1. The lowest BCUT2D eigenvalue weighted by atomic mass is 10.1. The number of halogens is 2. The molecule has 28 heavy (non-hydrogen) atoms. The second-order valence-electron chi connectivity index (χ2n) is 6.26. The average molecular weight is 385 g/mol. The standard InChI is InChI=1S/C19H17F2N5O2/c1-11-8-26(10-22-11)17-4-3-15(24-19(17)27-2)18-23-16(9-28-25-18)12-5-13(20)7-14(21)6-12/h3-8,10,16H,9H2,1-2H3,(H,23,25). The lowest BCUT2D eigenvalue weighted by molar-refractivity contribution is 0.0619. The quantitative estimate of drug-likeness (QED) is 0.748. The van der Waals surface area contributed by atoms with Crippen molar-refractivity contribution in [3.05, 3.63) is 71.4 Å². The van der Waals surface area contributed by atoms with Crippen molar-refractivity contribution < 1.29 is 18.4 Å². The van der Waals surface area contributed by atoms with Crippen molar-refractivity contribution in [2.75, 3.05) is 13.7 Å². The second-order valence-corrected chi connectivity index (χ2v) is 6.26. The molecule has 1 N–H and O–H groups in total. The predicted octanol–water partition coefficient (Wildman–Crippen LogP) is 2.89. The molecule has 1 aliphatic heterocycles. The van der Waals surface area contributed by atoms with Crippen LogP contribution in [0.3, 0.4) is 0 Å². The first kappa shape index (κ1) is 18.1. The van der Waals surface area contributed by atoms with E-state index in [2.05, 4.69) is 20.4 Å². The van der Waals surface area contributed by atoms with Crippen molar-refractivity contribution in [1.29, 1.82) is 0 Å². The molecule has 0 spiro atoms. The van der Waals surface area contributed by atoms with E-state index in [1.807, 2.05) is 19.2 Å². The van der Waals surface area contributed by atoms with Gasteiger partial charge >= 0.3 is 0 Å². The summed E-state index contributed by atoms with van der Waals surface area (Å²) in [5.41, 5.74) is 5.14. The largest absolute Gasteiger partial charge is 0.479 e. The first-order valence-electron chi connectivity index (χ1n) is 8.51. The summed E-state index contributed by atoms with van der Waals surface area (Å²) in [6, 6.07) is 6.29. The van der Waals surface area contributed by atoms with Gasteiger partial charge in [-0.2, -0.15) is 0 Å². The molecule has 1 atom stereocenters. The number of amidine groups is 1. The van der Waals surface area contributed by atoms with E-state index in [1.54, 1.807) is 17.0 Å². The molecule has 1 aromatic carbocycles. The summed E-state index contributed by atoms with van der Waals surface area (Å²) in [6.07, 6.45) is 3.52. The Morgan fingerprint density at radius 1 is 1.21 bits per heavy atom. The average Bonchev–Trinajstić information content (AvgIpc) is 3.13. The van der Waals surface area contributed by atoms with Crippen molar-refractivity contribution in [1.82, 2.24) is 20.0 Å². The molecule has 9 heteroatoms. The minimum Gasteiger partial charge on any atom is -0.479 e. The van der Waals surface area contributed by atoms with Gasteiger partial charge in [-0.1, -0.05) is 0 Å². The molecular formula is C19H17F2N5O2. The normalized spacial score (nSPS) is 16.4.